The first-order valence-electron chi connectivity index (χ1n) is 5.07. The summed E-state index contributed by atoms with van der Waals surface area (Å²) in [5, 5.41) is 2.05. The number of aryl methyl sites for hydroxylation is 1. The number of ether oxygens (including phenoxy) is 1. The molecule has 3 nitrogen and oxygen atoms in total. The number of nitrogens with two attached hydrogens (primary N) is 1. The van der Waals surface area contributed by atoms with Gasteiger partial charge in [0, 0.05) is 17.3 Å². The molecule has 0 bridgehead atoms. The van der Waals surface area contributed by atoms with Gasteiger partial charge in [-0.2, -0.15) is 0 Å². The lowest BCUT2D eigenvalue weighted by molar-refractivity contribution is -0.140. The zero-order chi connectivity index (χ0) is 11.3. The summed E-state index contributed by atoms with van der Waals surface area (Å²) in [4.78, 5) is 12.2. The Bertz CT molecular complexity index is 322. The topological polar surface area (TPSA) is 52.3 Å². The Labute approximate surface area is 94.2 Å². The van der Waals surface area contributed by atoms with Crippen LogP contribution in [-0.4, -0.2) is 13.1 Å². The van der Waals surface area contributed by atoms with Crippen LogP contribution >= 0.6 is 11.3 Å². The van der Waals surface area contributed by atoms with Crippen LogP contribution in [0.2, 0.25) is 0 Å². The molecule has 0 fully saturated rings. The number of methoxy groups -OCH3 is 1. The van der Waals surface area contributed by atoms with Crippen LogP contribution in [0.4, 0.5) is 0 Å². The van der Waals surface area contributed by atoms with E-state index in [1.807, 2.05) is 5.38 Å². The van der Waals surface area contributed by atoms with E-state index in [9.17, 15) is 4.79 Å². The van der Waals surface area contributed by atoms with Gasteiger partial charge in [-0.3, -0.25) is 4.79 Å². The molecule has 0 amide bonds. The molecule has 15 heavy (non-hydrogen) atoms. The third-order valence-electron chi connectivity index (χ3n) is 2.39. The molecule has 0 radical (unpaired) electrons. The molecule has 0 saturated heterocycles. The SMILES string of the molecule is CCc1ccsc1C(N)CCC(=O)OC. The summed E-state index contributed by atoms with van der Waals surface area (Å²) >= 11 is 1.66. The lowest BCUT2D eigenvalue weighted by Gasteiger charge is -2.10. The maximum atomic E-state index is 11.0. The molecule has 1 aromatic rings. The number of carbonyl (C=O) groups excluding carboxylic acids is 1. The maximum Gasteiger partial charge on any atom is 0.305 e. The van der Waals surface area contributed by atoms with Gasteiger partial charge in [-0.1, -0.05) is 6.92 Å². The Kier molecular flexibility index (Phi) is 4.78. The van der Waals surface area contributed by atoms with Gasteiger partial charge in [-0.05, 0) is 29.9 Å². The van der Waals surface area contributed by atoms with Gasteiger partial charge in [0.2, 0.25) is 0 Å². The van der Waals surface area contributed by atoms with E-state index in [4.69, 9.17) is 5.73 Å². The first-order valence-corrected chi connectivity index (χ1v) is 5.95. The molecule has 0 aromatic carbocycles. The molecule has 1 atom stereocenters. The average molecular weight is 227 g/mol. The van der Waals surface area contributed by atoms with Crippen molar-refractivity contribution in [3.05, 3.63) is 21.9 Å². The van der Waals surface area contributed by atoms with Crippen molar-refractivity contribution in [2.45, 2.75) is 32.2 Å². The van der Waals surface area contributed by atoms with E-state index in [0.29, 0.717) is 12.8 Å². The van der Waals surface area contributed by atoms with Crippen molar-refractivity contribution >= 4 is 17.3 Å². The summed E-state index contributed by atoms with van der Waals surface area (Å²) < 4.78 is 4.58. The zero-order valence-corrected chi connectivity index (χ0v) is 9.97. The van der Waals surface area contributed by atoms with Crippen LogP contribution in [0.1, 0.15) is 36.2 Å². The maximum absolute atomic E-state index is 11.0. The number of hydrogen-bond acceptors (Lipinski definition) is 4. The molecule has 1 unspecified atom stereocenters. The van der Waals surface area contributed by atoms with Crippen LogP contribution in [0.25, 0.3) is 0 Å². The highest BCUT2D eigenvalue weighted by Gasteiger charge is 2.13. The third-order valence-corrected chi connectivity index (χ3v) is 3.48. The second-order valence-corrected chi connectivity index (χ2v) is 4.33. The second-order valence-electron chi connectivity index (χ2n) is 3.38. The van der Waals surface area contributed by atoms with Gasteiger partial charge in [0.05, 0.1) is 7.11 Å². The Morgan fingerprint density at radius 2 is 2.40 bits per heavy atom. The minimum atomic E-state index is -0.194. The van der Waals surface area contributed by atoms with E-state index in [-0.39, 0.29) is 12.0 Å². The summed E-state index contributed by atoms with van der Waals surface area (Å²) in [7, 11) is 1.40. The lowest BCUT2D eigenvalue weighted by atomic mass is 10.1. The van der Waals surface area contributed by atoms with Gasteiger partial charge >= 0.3 is 5.97 Å². The highest BCUT2D eigenvalue weighted by atomic mass is 32.1. The largest absolute Gasteiger partial charge is 0.469 e. The van der Waals surface area contributed by atoms with E-state index in [2.05, 4.69) is 17.7 Å². The monoisotopic (exact) mass is 227 g/mol. The van der Waals surface area contributed by atoms with Crippen molar-refractivity contribution in [1.82, 2.24) is 0 Å². The summed E-state index contributed by atoms with van der Waals surface area (Å²) in [6, 6.07) is 2.05. The number of thiophene rings is 1. The van der Waals surface area contributed by atoms with Crippen LogP contribution < -0.4 is 5.73 Å². The normalized spacial score (nSPS) is 12.5. The molecular weight excluding hydrogens is 210 g/mol. The van der Waals surface area contributed by atoms with Crippen molar-refractivity contribution in [3.63, 3.8) is 0 Å². The van der Waals surface area contributed by atoms with Crippen LogP contribution in [0.5, 0.6) is 0 Å². The molecule has 2 N–H and O–H groups in total. The van der Waals surface area contributed by atoms with Crippen molar-refractivity contribution in [1.29, 1.82) is 0 Å². The first kappa shape index (κ1) is 12.2. The molecule has 0 aliphatic heterocycles. The van der Waals surface area contributed by atoms with Gasteiger partial charge < -0.3 is 10.5 Å². The molecule has 84 valence electrons. The fourth-order valence-corrected chi connectivity index (χ4v) is 2.51. The number of esters is 1. The second kappa shape index (κ2) is 5.88. The molecular formula is C11H17NO2S. The van der Waals surface area contributed by atoms with Gasteiger partial charge in [0.15, 0.2) is 0 Å². The van der Waals surface area contributed by atoms with Gasteiger partial charge in [-0.15, -0.1) is 11.3 Å². The third kappa shape index (κ3) is 3.32. The number of carbonyl (C=O) groups is 1. The summed E-state index contributed by atoms with van der Waals surface area (Å²) in [6.45, 7) is 2.11. The molecule has 1 rings (SSSR count). The fraction of sp³-hybridized carbons (Fsp3) is 0.545. The Hall–Kier alpha value is -0.870. The lowest BCUT2D eigenvalue weighted by Crippen LogP contribution is -2.13. The van der Waals surface area contributed by atoms with Crippen molar-refractivity contribution in [2.24, 2.45) is 5.73 Å². The number of rotatable bonds is 5. The molecule has 4 heteroatoms. The minimum Gasteiger partial charge on any atom is -0.469 e. The summed E-state index contributed by atoms with van der Waals surface area (Å²) in [5.41, 5.74) is 7.31. The summed E-state index contributed by atoms with van der Waals surface area (Å²) in [5.74, 6) is -0.194. The Morgan fingerprint density at radius 1 is 1.67 bits per heavy atom. The average Bonchev–Trinajstić information content (AvgIpc) is 2.73. The van der Waals surface area contributed by atoms with E-state index in [1.54, 1.807) is 11.3 Å². The molecule has 1 aromatic heterocycles. The van der Waals surface area contributed by atoms with Gasteiger partial charge in [-0.25, -0.2) is 0 Å². The zero-order valence-electron chi connectivity index (χ0n) is 9.16. The molecule has 0 aliphatic rings. The number of hydrogen-bond donors (Lipinski definition) is 1. The summed E-state index contributed by atoms with van der Waals surface area (Å²) in [6.07, 6.45) is 2.03. The smallest absolute Gasteiger partial charge is 0.305 e. The standard InChI is InChI=1S/C11H17NO2S/c1-3-8-6-7-15-11(8)9(12)4-5-10(13)14-2/h6-7,9H,3-5,12H2,1-2H3. The van der Waals surface area contributed by atoms with E-state index >= 15 is 0 Å². The van der Waals surface area contributed by atoms with Crippen molar-refractivity contribution < 1.29 is 9.53 Å². The van der Waals surface area contributed by atoms with Crippen LogP contribution in [0, 0.1) is 0 Å². The Balaban J connectivity index is 2.53. The van der Waals surface area contributed by atoms with Crippen molar-refractivity contribution in [2.75, 3.05) is 7.11 Å². The Morgan fingerprint density at radius 3 is 3.00 bits per heavy atom. The van der Waals surface area contributed by atoms with E-state index in [0.717, 1.165) is 6.42 Å². The highest BCUT2D eigenvalue weighted by Crippen LogP contribution is 2.26. The fourth-order valence-electron chi connectivity index (χ4n) is 1.47. The molecule has 1 heterocycles. The minimum absolute atomic E-state index is 0.0425. The molecule has 0 aliphatic carbocycles. The van der Waals surface area contributed by atoms with Crippen molar-refractivity contribution in [3.8, 4) is 0 Å². The quantitative estimate of drug-likeness (QED) is 0.785. The van der Waals surface area contributed by atoms with Crippen LogP contribution in [-0.2, 0) is 16.0 Å². The predicted octanol–water partition coefficient (Wildman–Crippen LogP) is 2.26. The predicted molar refractivity (Wildman–Crippen MR) is 61.9 cm³/mol. The van der Waals surface area contributed by atoms with Crippen LogP contribution in [0.3, 0.4) is 0 Å². The molecule has 0 saturated carbocycles. The van der Waals surface area contributed by atoms with Gasteiger partial charge in [0.25, 0.3) is 0 Å². The van der Waals surface area contributed by atoms with E-state index in [1.165, 1.54) is 17.6 Å². The highest BCUT2D eigenvalue weighted by molar-refractivity contribution is 7.10. The molecule has 0 spiro atoms. The van der Waals surface area contributed by atoms with Gasteiger partial charge in [0.1, 0.15) is 0 Å². The van der Waals surface area contributed by atoms with Crippen LogP contribution in [0.15, 0.2) is 11.4 Å². The first-order chi connectivity index (χ1) is 7.19. The van der Waals surface area contributed by atoms with E-state index < -0.39 is 0 Å².